The van der Waals surface area contributed by atoms with Crippen molar-refractivity contribution in [2.24, 2.45) is 0 Å². The molecule has 6 nitrogen and oxygen atoms in total. The second-order valence-corrected chi connectivity index (χ2v) is 14.2. The summed E-state index contributed by atoms with van der Waals surface area (Å²) in [5.41, 5.74) is 10.6. The van der Waals surface area contributed by atoms with Gasteiger partial charge in [0.1, 0.15) is 28.4 Å². The molecule has 0 radical (unpaired) electrons. The maximum absolute atomic E-state index is 11.2. The Bertz CT molecular complexity index is 3730. The number of benzene rings is 8. The first-order valence-corrected chi connectivity index (χ1v) is 18.5. The standard InChI is InChI=1S/C50H26N4O2/c51-27-30-26-31(28-52)47(53-38-18-8-4-16-36(38)45-40(53)24-22-34-32-14-6-10-20-42(32)55-49(34)45)48(44(30)29-12-2-1-3-13-29)54-39-19-9-5-17-37(39)46-41(54)25-23-35-33-15-7-11-21-43(33)56-50(35)46/h1-26H. The summed E-state index contributed by atoms with van der Waals surface area (Å²) in [6.45, 7) is 0. The lowest BCUT2D eigenvalue weighted by Gasteiger charge is -2.23. The summed E-state index contributed by atoms with van der Waals surface area (Å²) in [4.78, 5) is 0. The van der Waals surface area contributed by atoms with E-state index in [0.29, 0.717) is 16.8 Å². The van der Waals surface area contributed by atoms with Gasteiger partial charge in [-0.25, -0.2) is 0 Å². The lowest BCUT2D eigenvalue weighted by molar-refractivity contribution is 0.672. The molecule has 12 aromatic rings. The molecule has 0 saturated carbocycles. The highest BCUT2D eigenvalue weighted by Crippen LogP contribution is 2.48. The predicted molar refractivity (Wildman–Crippen MR) is 225 cm³/mol. The van der Waals surface area contributed by atoms with Crippen LogP contribution in [0.15, 0.2) is 167 Å². The van der Waals surface area contributed by atoms with Crippen LogP contribution >= 0.6 is 0 Å². The summed E-state index contributed by atoms with van der Waals surface area (Å²) in [5, 5.41) is 30.2. The van der Waals surface area contributed by atoms with E-state index in [1.807, 2.05) is 91.0 Å². The van der Waals surface area contributed by atoms with Crippen molar-refractivity contribution < 1.29 is 8.83 Å². The van der Waals surface area contributed by atoms with Crippen LogP contribution in [-0.4, -0.2) is 9.13 Å². The molecule has 6 heteroatoms. The van der Waals surface area contributed by atoms with Crippen LogP contribution in [0.25, 0.3) is 110 Å². The van der Waals surface area contributed by atoms with Crippen molar-refractivity contribution in [3.8, 4) is 34.6 Å². The summed E-state index contributed by atoms with van der Waals surface area (Å²) < 4.78 is 17.8. The number of nitrogens with zero attached hydrogens (tertiary/aromatic N) is 4. The van der Waals surface area contributed by atoms with Gasteiger partial charge in [-0.2, -0.15) is 10.5 Å². The van der Waals surface area contributed by atoms with E-state index in [1.165, 1.54) is 0 Å². The van der Waals surface area contributed by atoms with Crippen LogP contribution < -0.4 is 0 Å². The Labute approximate surface area is 318 Å². The fraction of sp³-hybridized carbons (Fsp3) is 0. The molecule has 258 valence electrons. The second kappa shape index (κ2) is 11.2. The Morgan fingerprint density at radius 2 is 0.857 bits per heavy atom. The average molecular weight is 715 g/mol. The number of fused-ring (bicyclic) bond motifs is 14. The first kappa shape index (κ1) is 30.4. The molecule has 0 aliphatic carbocycles. The van der Waals surface area contributed by atoms with Gasteiger partial charge in [-0.3, -0.25) is 0 Å². The lowest BCUT2D eigenvalue weighted by atomic mass is 9.93. The minimum atomic E-state index is 0.374. The molecule has 0 bridgehead atoms. The molecule has 0 saturated heterocycles. The average Bonchev–Trinajstić information content (AvgIpc) is 4.00. The van der Waals surface area contributed by atoms with Gasteiger partial charge in [0.2, 0.25) is 0 Å². The van der Waals surface area contributed by atoms with E-state index < -0.39 is 0 Å². The molecule has 12 rings (SSSR count). The zero-order chi connectivity index (χ0) is 37.1. The maximum Gasteiger partial charge on any atom is 0.145 e. The van der Waals surface area contributed by atoms with Gasteiger partial charge < -0.3 is 18.0 Å². The third kappa shape index (κ3) is 3.92. The van der Waals surface area contributed by atoms with Crippen molar-refractivity contribution in [3.63, 3.8) is 0 Å². The molecule has 0 aliphatic rings. The van der Waals surface area contributed by atoms with Crippen LogP contribution in [0.3, 0.4) is 0 Å². The number of rotatable bonds is 3. The minimum Gasteiger partial charge on any atom is -0.455 e. The van der Waals surface area contributed by atoms with Crippen LogP contribution in [0, 0.1) is 22.7 Å². The summed E-state index contributed by atoms with van der Waals surface area (Å²) in [6, 6.07) is 58.1. The van der Waals surface area contributed by atoms with Crippen molar-refractivity contribution in [1.29, 1.82) is 10.5 Å². The highest BCUT2D eigenvalue weighted by molar-refractivity contribution is 6.26. The first-order chi connectivity index (χ1) is 27.7. The minimum absolute atomic E-state index is 0.374. The molecule has 8 aromatic carbocycles. The Morgan fingerprint density at radius 3 is 1.39 bits per heavy atom. The summed E-state index contributed by atoms with van der Waals surface area (Å²) in [7, 11) is 0. The van der Waals surface area contributed by atoms with Gasteiger partial charge in [-0.1, -0.05) is 103 Å². The fourth-order valence-electron chi connectivity index (χ4n) is 9.12. The molecular formula is C50H26N4O2. The van der Waals surface area contributed by atoms with Crippen molar-refractivity contribution in [2.75, 3.05) is 0 Å². The number of hydrogen-bond acceptors (Lipinski definition) is 4. The second-order valence-electron chi connectivity index (χ2n) is 14.2. The topological polar surface area (TPSA) is 83.7 Å². The first-order valence-electron chi connectivity index (χ1n) is 18.5. The van der Waals surface area contributed by atoms with E-state index >= 15 is 0 Å². The molecule has 0 amide bonds. The SMILES string of the molecule is N#Cc1cc(C#N)c(-n2c3ccccc3c3c4oc5ccccc5c4ccc32)c(-n2c3ccccc3c3c4oc5ccccc5c4ccc32)c1-c1ccccc1. The highest BCUT2D eigenvalue weighted by Gasteiger charge is 2.29. The molecule has 0 N–H and O–H groups in total. The van der Waals surface area contributed by atoms with Gasteiger partial charge in [-0.05, 0) is 60.2 Å². The predicted octanol–water partition coefficient (Wildman–Crippen LogP) is 13.1. The summed E-state index contributed by atoms with van der Waals surface area (Å²) >= 11 is 0. The van der Waals surface area contributed by atoms with Gasteiger partial charge in [0, 0.05) is 37.9 Å². The number of hydrogen-bond donors (Lipinski definition) is 0. The molecule has 0 atom stereocenters. The molecule has 4 heterocycles. The van der Waals surface area contributed by atoms with E-state index in [4.69, 9.17) is 8.83 Å². The molecular weight excluding hydrogens is 689 g/mol. The molecule has 4 aromatic heterocycles. The monoisotopic (exact) mass is 714 g/mol. The Morgan fingerprint density at radius 1 is 0.393 bits per heavy atom. The molecule has 0 aliphatic heterocycles. The van der Waals surface area contributed by atoms with Crippen molar-refractivity contribution in [2.45, 2.75) is 0 Å². The van der Waals surface area contributed by atoms with Crippen LogP contribution in [0.4, 0.5) is 0 Å². The van der Waals surface area contributed by atoms with Gasteiger partial charge in [0.15, 0.2) is 0 Å². The molecule has 56 heavy (non-hydrogen) atoms. The number of furan rings is 2. The molecule has 0 unspecified atom stereocenters. The zero-order valence-electron chi connectivity index (χ0n) is 29.6. The van der Waals surface area contributed by atoms with Gasteiger partial charge in [0.05, 0.1) is 61.4 Å². The van der Waals surface area contributed by atoms with Gasteiger partial charge in [-0.15, -0.1) is 0 Å². The van der Waals surface area contributed by atoms with E-state index in [9.17, 15) is 10.5 Å². The maximum atomic E-state index is 11.2. The smallest absolute Gasteiger partial charge is 0.145 e. The third-order valence-electron chi connectivity index (χ3n) is 11.4. The van der Waals surface area contributed by atoms with Crippen LogP contribution in [0.5, 0.6) is 0 Å². The van der Waals surface area contributed by atoms with Crippen LogP contribution in [-0.2, 0) is 0 Å². The molecule has 0 spiro atoms. The van der Waals surface area contributed by atoms with Crippen molar-refractivity contribution in [1.82, 2.24) is 9.13 Å². The Hall–Kier alpha value is -8.06. The van der Waals surface area contributed by atoms with Crippen molar-refractivity contribution >= 4 is 87.5 Å². The van der Waals surface area contributed by atoms with E-state index in [-0.39, 0.29) is 0 Å². The van der Waals surface area contributed by atoms with Crippen molar-refractivity contribution in [3.05, 3.63) is 169 Å². The number of nitriles is 2. The summed E-state index contributed by atoms with van der Waals surface area (Å²) in [6.07, 6.45) is 0. The van der Waals surface area contributed by atoms with E-state index in [2.05, 4.69) is 81.9 Å². The van der Waals surface area contributed by atoms with Crippen LogP contribution in [0.2, 0.25) is 0 Å². The zero-order valence-corrected chi connectivity index (χ0v) is 29.6. The normalized spacial score (nSPS) is 11.9. The van der Waals surface area contributed by atoms with Gasteiger partial charge in [0.25, 0.3) is 0 Å². The van der Waals surface area contributed by atoms with Crippen LogP contribution in [0.1, 0.15) is 11.1 Å². The number of para-hydroxylation sites is 4. The molecule has 0 fully saturated rings. The summed E-state index contributed by atoms with van der Waals surface area (Å²) in [5.74, 6) is 0. The Kier molecular flexibility index (Phi) is 6.10. The fourth-order valence-corrected chi connectivity index (χ4v) is 9.12. The lowest BCUT2D eigenvalue weighted by Crippen LogP contribution is -2.09. The third-order valence-corrected chi connectivity index (χ3v) is 11.4. The quantitative estimate of drug-likeness (QED) is 0.182. The largest absolute Gasteiger partial charge is 0.455 e. The van der Waals surface area contributed by atoms with Gasteiger partial charge >= 0.3 is 0 Å². The Balaban J connectivity index is 1.33. The number of aromatic nitrogens is 2. The van der Waals surface area contributed by atoms with E-state index in [0.717, 1.165) is 104 Å². The van der Waals surface area contributed by atoms with E-state index in [1.54, 1.807) is 6.07 Å². The highest BCUT2D eigenvalue weighted by atomic mass is 16.3.